The molecule has 0 unspecified atom stereocenters. The first-order valence-corrected chi connectivity index (χ1v) is 19.2. The highest BCUT2D eigenvalue weighted by atomic mass is 35.5. The molecular weight excluding hydrogens is 637 g/mol. The van der Waals surface area contributed by atoms with E-state index in [2.05, 4.69) is 45.3 Å². The second kappa shape index (κ2) is 13.5. The van der Waals surface area contributed by atoms with Crippen LogP contribution in [-0.4, -0.2) is 71.4 Å². The average molecular weight is 690 g/mol. The minimum Gasteiger partial charge on any atom is -0.404 e. The average Bonchev–Trinajstić information content (AvgIpc) is 3.65. The number of benzene rings is 2. The highest BCUT2D eigenvalue weighted by Gasteiger charge is 2.68. The summed E-state index contributed by atoms with van der Waals surface area (Å²) >= 11 is 6.71. The molecule has 10 heteroatoms. The fourth-order valence-electron chi connectivity index (χ4n) is 9.89. The lowest BCUT2D eigenvalue weighted by Gasteiger charge is -2.64. The van der Waals surface area contributed by atoms with Crippen molar-refractivity contribution >= 4 is 47.2 Å². The summed E-state index contributed by atoms with van der Waals surface area (Å²) in [6, 6.07) is 12.0. The van der Waals surface area contributed by atoms with Gasteiger partial charge in [0.15, 0.2) is 0 Å². The molecule has 2 aromatic rings. The lowest BCUT2D eigenvalue weighted by Crippen LogP contribution is -2.65. The predicted molar refractivity (Wildman–Crippen MR) is 193 cm³/mol. The van der Waals surface area contributed by atoms with Gasteiger partial charge >= 0.3 is 7.12 Å². The van der Waals surface area contributed by atoms with Crippen molar-refractivity contribution < 1.29 is 23.7 Å². The molecular formula is C39H53BClN3O5. The molecule has 0 radical (unpaired) electrons. The molecule has 2 aromatic carbocycles. The summed E-state index contributed by atoms with van der Waals surface area (Å²) in [4.78, 5) is 43.9. The molecule has 2 N–H and O–H groups in total. The van der Waals surface area contributed by atoms with Crippen LogP contribution in [0.4, 0.5) is 0 Å². The number of carbonyl (C=O) groups excluding carboxylic acids is 3. The lowest BCUT2D eigenvalue weighted by molar-refractivity contribution is -0.199. The van der Waals surface area contributed by atoms with Crippen molar-refractivity contribution in [3.8, 4) is 0 Å². The van der Waals surface area contributed by atoms with Gasteiger partial charge in [-0.2, -0.15) is 0 Å². The Morgan fingerprint density at radius 3 is 2.43 bits per heavy atom. The molecule has 49 heavy (non-hydrogen) atoms. The monoisotopic (exact) mass is 689 g/mol. The summed E-state index contributed by atoms with van der Waals surface area (Å²) in [6.45, 7) is 11.3. The molecule has 2 heterocycles. The molecule has 2 saturated heterocycles. The molecule has 8 atom stereocenters. The number of amides is 3. The molecule has 6 fully saturated rings. The molecule has 4 saturated carbocycles. The molecule has 0 aromatic heterocycles. The molecule has 3 amide bonds. The van der Waals surface area contributed by atoms with Crippen molar-refractivity contribution in [2.75, 3.05) is 6.54 Å². The SMILES string of the molecule is CC(C)[C@H](NC(=O)[C@@H]1C[C@H](Cl)CN1C(=O)[C@@H](CC1CCCCC1)NC(=O)c1ccc2ccccc2c1)B1O[C@@H]2C[C@@H]3C[C@@H](C3(C)C)[C@]2(C)O1. The maximum Gasteiger partial charge on any atom is 0.481 e. The number of hydrogen-bond donors (Lipinski definition) is 2. The Hall–Kier alpha value is -2.62. The number of nitrogens with one attached hydrogen (secondary N) is 2. The van der Waals surface area contributed by atoms with E-state index in [0.717, 1.165) is 49.3 Å². The second-order valence-corrected chi connectivity index (χ2v) is 17.4. The first-order chi connectivity index (χ1) is 23.3. The molecule has 264 valence electrons. The van der Waals surface area contributed by atoms with Crippen molar-refractivity contribution in [1.82, 2.24) is 15.5 Å². The minimum atomic E-state index is -0.750. The standard InChI is InChI=1S/C39H53BClN3O5/c1-23(2)34(40-48-33-20-28-19-32(38(28,3)4)39(33,5)49-40)43-36(46)31-21-29(41)22-44(31)37(47)30(17-24-11-7-6-8-12-24)42-35(45)27-16-15-25-13-9-10-14-26(25)18-27/h9-10,13-16,18,23-24,28-34H,6-8,11-12,17,19-22H2,1-5H3,(H,42,45)(H,43,46)/t28-,29-,30+,31-,32-,33+,34-,39-/m0/s1. The summed E-state index contributed by atoms with van der Waals surface area (Å²) < 4.78 is 13.4. The summed E-state index contributed by atoms with van der Waals surface area (Å²) in [5.74, 6) is 0.279. The minimum absolute atomic E-state index is 0.0102. The largest absolute Gasteiger partial charge is 0.481 e. The molecule has 0 spiro atoms. The zero-order valence-corrected chi connectivity index (χ0v) is 30.5. The fraction of sp³-hybridized carbons (Fsp3) is 0.667. The normalized spacial score (nSPS) is 32.0. The third-order valence-corrected chi connectivity index (χ3v) is 13.4. The van der Waals surface area contributed by atoms with E-state index < -0.39 is 19.2 Å². The van der Waals surface area contributed by atoms with Gasteiger partial charge < -0.3 is 24.8 Å². The van der Waals surface area contributed by atoms with E-state index in [9.17, 15) is 14.4 Å². The van der Waals surface area contributed by atoms with Crippen LogP contribution in [0.25, 0.3) is 10.8 Å². The van der Waals surface area contributed by atoms with Gasteiger partial charge in [-0.05, 0) is 84.6 Å². The van der Waals surface area contributed by atoms with Crippen molar-refractivity contribution in [2.24, 2.45) is 29.1 Å². The van der Waals surface area contributed by atoms with Crippen LogP contribution in [0.15, 0.2) is 42.5 Å². The molecule has 2 aliphatic heterocycles. The Bertz CT molecular complexity index is 1580. The third kappa shape index (κ3) is 6.53. The number of hydrogen-bond acceptors (Lipinski definition) is 5. The van der Waals surface area contributed by atoms with E-state index >= 15 is 0 Å². The number of rotatable bonds is 9. The van der Waals surface area contributed by atoms with E-state index in [1.54, 1.807) is 11.0 Å². The fourth-order valence-corrected chi connectivity index (χ4v) is 10.2. The Morgan fingerprint density at radius 1 is 0.980 bits per heavy atom. The quantitative estimate of drug-likeness (QED) is 0.231. The first kappa shape index (κ1) is 34.8. The summed E-state index contributed by atoms with van der Waals surface area (Å²) in [5.41, 5.74) is 0.350. The summed E-state index contributed by atoms with van der Waals surface area (Å²) in [7, 11) is -0.563. The Morgan fingerprint density at radius 2 is 1.71 bits per heavy atom. The maximum atomic E-state index is 14.5. The molecule has 2 bridgehead atoms. The first-order valence-electron chi connectivity index (χ1n) is 18.7. The van der Waals surface area contributed by atoms with Crippen LogP contribution < -0.4 is 10.6 Å². The van der Waals surface area contributed by atoms with Gasteiger partial charge in [-0.25, -0.2) is 0 Å². The smallest absolute Gasteiger partial charge is 0.404 e. The molecule has 8 rings (SSSR count). The maximum absolute atomic E-state index is 14.5. The van der Waals surface area contributed by atoms with Gasteiger partial charge in [0.2, 0.25) is 11.8 Å². The van der Waals surface area contributed by atoms with E-state index in [1.807, 2.05) is 36.4 Å². The number of likely N-dealkylation sites (tertiary alicyclic amines) is 1. The van der Waals surface area contributed by atoms with E-state index in [4.69, 9.17) is 20.9 Å². The predicted octanol–water partition coefficient (Wildman–Crippen LogP) is 6.53. The van der Waals surface area contributed by atoms with Crippen LogP contribution in [0.3, 0.4) is 0 Å². The van der Waals surface area contributed by atoms with Gasteiger partial charge in [0.25, 0.3) is 5.91 Å². The highest BCUT2D eigenvalue weighted by molar-refractivity contribution is 6.48. The van der Waals surface area contributed by atoms with Gasteiger partial charge in [0, 0.05) is 12.1 Å². The van der Waals surface area contributed by atoms with Gasteiger partial charge in [-0.15, -0.1) is 11.6 Å². The Balaban J connectivity index is 1.08. The van der Waals surface area contributed by atoms with Crippen molar-refractivity contribution in [3.05, 3.63) is 48.0 Å². The highest BCUT2D eigenvalue weighted by Crippen LogP contribution is 2.65. The van der Waals surface area contributed by atoms with Crippen LogP contribution in [-0.2, 0) is 18.9 Å². The second-order valence-electron chi connectivity index (χ2n) is 16.8. The molecule has 4 aliphatic carbocycles. The Kier molecular flexibility index (Phi) is 9.59. The van der Waals surface area contributed by atoms with Gasteiger partial charge in [0.05, 0.1) is 23.0 Å². The topological polar surface area (TPSA) is 97.0 Å². The summed E-state index contributed by atoms with van der Waals surface area (Å²) in [5, 5.41) is 8.02. The van der Waals surface area contributed by atoms with E-state index in [1.165, 1.54) is 6.42 Å². The van der Waals surface area contributed by atoms with Crippen LogP contribution in [0, 0.1) is 29.1 Å². The van der Waals surface area contributed by atoms with Crippen LogP contribution >= 0.6 is 11.6 Å². The molecule has 8 nitrogen and oxygen atoms in total. The van der Waals surface area contributed by atoms with E-state index in [-0.39, 0.29) is 58.6 Å². The number of nitrogens with zero attached hydrogens (tertiary/aromatic N) is 1. The molecule has 6 aliphatic rings. The van der Waals surface area contributed by atoms with Crippen LogP contribution in [0.5, 0.6) is 0 Å². The van der Waals surface area contributed by atoms with Crippen LogP contribution in [0.2, 0.25) is 0 Å². The number of halogens is 1. The number of alkyl halides is 1. The van der Waals surface area contributed by atoms with Gasteiger partial charge in [0.1, 0.15) is 12.1 Å². The zero-order chi connectivity index (χ0) is 34.7. The van der Waals surface area contributed by atoms with Crippen molar-refractivity contribution in [2.45, 2.75) is 128 Å². The Labute approximate surface area is 296 Å². The van der Waals surface area contributed by atoms with Gasteiger partial charge in [-0.1, -0.05) is 90.1 Å². The van der Waals surface area contributed by atoms with Crippen LogP contribution in [0.1, 0.15) is 103 Å². The number of carbonyl (C=O) groups is 3. The van der Waals surface area contributed by atoms with Crippen molar-refractivity contribution in [1.29, 1.82) is 0 Å². The zero-order valence-electron chi connectivity index (χ0n) is 29.8. The lowest BCUT2D eigenvalue weighted by atomic mass is 9.43. The van der Waals surface area contributed by atoms with E-state index in [0.29, 0.717) is 36.2 Å². The third-order valence-electron chi connectivity index (χ3n) is 13.0. The summed E-state index contributed by atoms with van der Waals surface area (Å²) in [6.07, 6.45) is 8.57. The number of fused-ring (bicyclic) bond motifs is 1. The van der Waals surface area contributed by atoms with Gasteiger partial charge in [-0.3, -0.25) is 14.4 Å². The van der Waals surface area contributed by atoms with Crippen molar-refractivity contribution in [3.63, 3.8) is 0 Å².